The molecule has 1 aromatic carbocycles. The van der Waals surface area contributed by atoms with Gasteiger partial charge in [-0.2, -0.15) is 5.10 Å². The number of fused-ring (bicyclic) bond motifs is 1. The summed E-state index contributed by atoms with van der Waals surface area (Å²) in [4.78, 5) is 13.0. The van der Waals surface area contributed by atoms with E-state index < -0.39 is 6.10 Å². The summed E-state index contributed by atoms with van der Waals surface area (Å²) in [6.07, 6.45) is 4.09. The number of nitrogens with zero attached hydrogens (tertiary/aromatic N) is 2. The summed E-state index contributed by atoms with van der Waals surface area (Å²) in [5, 5.41) is 7.91. The SMILES string of the molecule is O=C(Nc1cc(C2CCC2)nn1-c1ccccc1)C1OCC2COCCC21. The van der Waals surface area contributed by atoms with E-state index in [1.807, 2.05) is 41.1 Å². The Balaban J connectivity index is 1.40. The summed E-state index contributed by atoms with van der Waals surface area (Å²) in [6, 6.07) is 12.0. The molecule has 1 N–H and O–H groups in total. The zero-order valence-electron chi connectivity index (χ0n) is 15.3. The average Bonchev–Trinajstić information content (AvgIpc) is 3.25. The Kier molecular flexibility index (Phi) is 4.45. The molecule has 3 fully saturated rings. The second kappa shape index (κ2) is 7.09. The Labute approximate surface area is 158 Å². The summed E-state index contributed by atoms with van der Waals surface area (Å²) < 4.78 is 13.2. The fourth-order valence-corrected chi connectivity index (χ4v) is 4.36. The van der Waals surface area contributed by atoms with Gasteiger partial charge in [-0.15, -0.1) is 0 Å². The molecule has 0 radical (unpaired) electrons. The number of anilines is 1. The fraction of sp³-hybridized carbons (Fsp3) is 0.524. The second-order valence-corrected chi connectivity index (χ2v) is 7.86. The molecule has 3 heterocycles. The summed E-state index contributed by atoms with van der Waals surface area (Å²) in [5.74, 6) is 1.75. The minimum atomic E-state index is -0.398. The molecular formula is C21H25N3O3. The number of aromatic nitrogens is 2. The summed E-state index contributed by atoms with van der Waals surface area (Å²) in [6.45, 7) is 2.01. The van der Waals surface area contributed by atoms with Crippen LogP contribution < -0.4 is 5.32 Å². The first kappa shape index (κ1) is 17.0. The lowest BCUT2D eigenvalue weighted by molar-refractivity contribution is -0.126. The molecule has 1 aliphatic carbocycles. The van der Waals surface area contributed by atoms with E-state index in [0.29, 0.717) is 31.7 Å². The van der Waals surface area contributed by atoms with Gasteiger partial charge in [0.25, 0.3) is 5.91 Å². The smallest absolute Gasteiger partial charge is 0.254 e. The molecule has 1 amide bonds. The molecule has 0 spiro atoms. The third-order valence-corrected chi connectivity index (χ3v) is 6.17. The Morgan fingerprint density at radius 2 is 2.00 bits per heavy atom. The standard InChI is InChI=1S/C21H25N3O3/c25-21(20-17-9-10-26-12-15(17)13-27-20)22-19-11-18(14-5-4-6-14)23-24(19)16-7-2-1-3-8-16/h1-3,7-8,11,14-15,17,20H,4-6,9-10,12-13H2,(H,22,25). The lowest BCUT2D eigenvalue weighted by Crippen LogP contribution is -2.37. The molecule has 3 aliphatic rings. The molecular weight excluding hydrogens is 342 g/mol. The van der Waals surface area contributed by atoms with E-state index in [0.717, 1.165) is 23.6 Å². The molecule has 6 nitrogen and oxygen atoms in total. The van der Waals surface area contributed by atoms with Gasteiger partial charge >= 0.3 is 0 Å². The minimum absolute atomic E-state index is 0.0679. The largest absolute Gasteiger partial charge is 0.381 e. The third-order valence-electron chi connectivity index (χ3n) is 6.17. The van der Waals surface area contributed by atoms with Gasteiger partial charge in [-0.05, 0) is 31.4 Å². The molecule has 2 aliphatic heterocycles. The van der Waals surface area contributed by atoms with E-state index >= 15 is 0 Å². The minimum Gasteiger partial charge on any atom is -0.381 e. The molecule has 27 heavy (non-hydrogen) atoms. The number of rotatable bonds is 4. The topological polar surface area (TPSA) is 65.4 Å². The highest BCUT2D eigenvalue weighted by molar-refractivity contribution is 5.94. The van der Waals surface area contributed by atoms with Gasteiger partial charge < -0.3 is 14.8 Å². The number of nitrogens with one attached hydrogen (secondary N) is 1. The van der Waals surface area contributed by atoms with Crippen molar-refractivity contribution in [2.45, 2.75) is 37.7 Å². The molecule has 0 bridgehead atoms. The van der Waals surface area contributed by atoms with Gasteiger partial charge in [-0.1, -0.05) is 24.6 Å². The quantitative estimate of drug-likeness (QED) is 0.902. The number of hydrogen-bond acceptors (Lipinski definition) is 4. The van der Waals surface area contributed by atoms with E-state index in [9.17, 15) is 4.79 Å². The number of carbonyl (C=O) groups excluding carboxylic acids is 1. The Hall–Kier alpha value is -2.18. The van der Waals surface area contributed by atoms with Crippen molar-refractivity contribution in [1.82, 2.24) is 9.78 Å². The van der Waals surface area contributed by atoms with E-state index in [4.69, 9.17) is 14.6 Å². The molecule has 142 valence electrons. The summed E-state index contributed by atoms with van der Waals surface area (Å²) in [7, 11) is 0. The maximum Gasteiger partial charge on any atom is 0.254 e. The molecule has 1 aromatic heterocycles. The van der Waals surface area contributed by atoms with Crippen LogP contribution in [0.5, 0.6) is 0 Å². The highest BCUT2D eigenvalue weighted by Crippen LogP contribution is 2.38. The van der Waals surface area contributed by atoms with Gasteiger partial charge in [0.2, 0.25) is 0 Å². The molecule has 5 rings (SSSR count). The molecule has 3 atom stereocenters. The summed E-state index contributed by atoms with van der Waals surface area (Å²) in [5.41, 5.74) is 2.02. The zero-order valence-corrected chi connectivity index (χ0v) is 15.3. The third kappa shape index (κ3) is 3.17. The lowest BCUT2D eigenvalue weighted by atomic mass is 9.83. The van der Waals surface area contributed by atoms with Crippen LogP contribution in [0.25, 0.3) is 5.69 Å². The van der Waals surface area contributed by atoms with Crippen molar-refractivity contribution in [3.05, 3.63) is 42.1 Å². The van der Waals surface area contributed by atoms with Crippen LogP contribution in [0.1, 0.15) is 37.3 Å². The van der Waals surface area contributed by atoms with Crippen LogP contribution in [-0.4, -0.2) is 41.6 Å². The van der Waals surface area contributed by atoms with E-state index in [1.165, 1.54) is 19.3 Å². The number of amides is 1. The highest BCUT2D eigenvalue weighted by atomic mass is 16.5. The van der Waals surface area contributed by atoms with Gasteiger partial charge in [-0.25, -0.2) is 4.68 Å². The molecule has 2 aromatic rings. The van der Waals surface area contributed by atoms with Crippen molar-refractivity contribution in [3.8, 4) is 5.69 Å². The van der Waals surface area contributed by atoms with E-state index in [1.54, 1.807) is 0 Å². The highest BCUT2D eigenvalue weighted by Gasteiger charge is 2.43. The fourth-order valence-electron chi connectivity index (χ4n) is 4.36. The Morgan fingerprint density at radius 1 is 1.15 bits per heavy atom. The van der Waals surface area contributed by atoms with Gasteiger partial charge in [0.05, 0.1) is 24.6 Å². The van der Waals surface area contributed by atoms with Crippen molar-refractivity contribution < 1.29 is 14.3 Å². The van der Waals surface area contributed by atoms with Gasteiger partial charge in [0, 0.05) is 30.4 Å². The maximum atomic E-state index is 13.0. The van der Waals surface area contributed by atoms with Crippen molar-refractivity contribution in [2.75, 3.05) is 25.1 Å². The molecule has 1 saturated carbocycles. The van der Waals surface area contributed by atoms with Crippen molar-refractivity contribution in [1.29, 1.82) is 0 Å². The van der Waals surface area contributed by atoms with E-state index in [-0.39, 0.29) is 11.8 Å². The van der Waals surface area contributed by atoms with Crippen LogP contribution in [0.3, 0.4) is 0 Å². The van der Waals surface area contributed by atoms with Crippen LogP contribution in [0.2, 0.25) is 0 Å². The first-order chi connectivity index (χ1) is 13.3. The monoisotopic (exact) mass is 367 g/mol. The van der Waals surface area contributed by atoms with Crippen molar-refractivity contribution in [3.63, 3.8) is 0 Å². The Morgan fingerprint density at radius 3 is 2.78 bits per heavy atom. The first-order valence-electron chi connectivity index (χ1n) is 9.95. The zero-order chi connectivity index (χ0) is 18.2. The van der Waals surface area contributed by atoms with Crippen LogP contribution in [0.15, 0.2) is 36.4 Å². The van der Waals surface area contributed by atoms with Crippen molar-refractivity contribution in [2.24, 2.45) is 11.8 Å². The van der Waals surface area contributed by atoms with Crippen LogP contribution in [0, 0.1) is 11.8 Å². The number of para-hydroxylation sites is 1. The number of ether oxygens (including phenoxy) is 2. The molecule has 3 unspecified atom stereocenters. The van der Waals surface area contributed by atoms with Crippen molar-refractivity contribution >= 4 is 11.7 Å². The molecule has 6 heteroatoms. The second-order valence-electron chi connectivity index (χ2n) is 7.86. The Bertz CT molecular complexity index is 815. The number of benzene rings is 1. The number of carbonyl (C=O) groups is 1. The van der Waals surface area contributed by atoms with Gasteiger partial charge in [0.15, 0.2) is 0 Å². The van der Waals surface area contributed by atoms with Crippen LogP contribution in [0.4, 0.5) is 5.82 Å². The first-order valence-corrected chi connectivity index (χ1v) is 9.95. The van der Waals surface area contributed by atoms with Gasteiger partial charge in [0.1, 0.15) is 11.9 Å². The lowest BCUT2D eigenvalue weighted by Gasteiger charge is -2.26. The average molecular weight is 367 g/mol. The maximum absolute atomic E-state index is 13.0. The van der Waals surface area contributed by atoms with Crippen LogP contribution >= 0.6 is 0 Å². The van der Waals surface area contributed by atoms with Gasteiger partial charge in [-0.3, -0.25) is 4.79 Å². The molecule has 2 saturated heterocycles. The van der Waals surface area contributed by atoms with Crippen LogP contribution in [-0.2, 0) is 14.3 Å². The normalized spacial score (nSPS) is 27.8. The predicted molar refractivity (Wildman–Crippen MR) is 101 cm³/mol. The predicted octanol–water partition coefficient (Wildman–Crippen LogP) is 3.13. The van der Waals surface area contributed by atoms with E-state index in [2.05, 4.69) is 5.32 Å². The summed E-state index contributed by atoms with van der Waals surface area (Å²) >= 11 is 0. The number of hydrogen-bond donors (Lipinski definition) is 1.